The lowest BCUT2D eigenvalue weighted by Crippen LogP contribution is -2.19. The van der Waals surface area contributed by atoms with E-state index in [1.165, 1.54) is 22.3 Å². The molecule has 0 aromatic heterocycles. The third-order valence-electron chi connectivity index (χ3n) is 6.10. The monoisotopic (exact) mass is 356 g/mol. The van der Waals surface area contributed by atoms with E-state index in [0.717, 1.165) is 12.8 Å². The topological polar surface area (TPSA) is 0 Å². The summed E-state index contributed by atoms with van der Waals surface area (Å²) in [7, 11) is 0. The van der Waals surface area contributed by atoms with Gasteiger partial charge in [0.15, 0.2) is 0 Å². The van der Waals surface area contributed by atoms with Gasteiger partial charge >= 0.3 is 0 Å². The first-order valence-electron chi connectivity index (χ1n) is 10.3. The lowest BCUT2D eigenvalue weighted by molar-refractivity contribution is 0.355. The predicted molar refractivity (Wildman–Crippen MR) is 118 cm³/mol. The molecule has 0 heteroatoms. The van der Waals surface area contributed by atoms with E-state index in [1.807, 2.05) is 0 Å². The van der Waals surface area contributed by atoms with E-state index in [9.17, 15) is 0 Å². The molecule has 0 nitrogen and oxygen atoms in total. The van der Waals surface area contributed by atoms with E-state index in [2.05, 4.69) is 96.1 Å². The minimum absolute atomic E-state index is 0.172. The van der Waals surface area contributed by atoms with E-state index in [4.69, 9.17) is 0 Å². The summed E-state index contributed by atoms with van der Waals surface area (Å²) in [6.45, 7) is 14.2. The minimum atomic E-state index is 0.172. The SMILES string of the molecule is CC(C)(C)C1=C(CC2=Cc3ccccc3C2C(C)(C)C)Cc2ccccc21. The standard InChI is InChI=1S/C27H32/c1-26(2,3)24-20(15-18-11-7-9-13-22(18)24)17-21-16-19-12-8-10-14-23(19)25(21)27(4,5)6/h7-15,24H,16-17H2,1-6H3. The van der Waals surface area contributed by atoms with Gasteiger partial charge in [0.2, 0.25) is 0 Å². The van der Waals surface area contributed by atoms with Crippen molar-refractivity contribution in [1.29, 1.82) is 0 Å². The van der Waals surface area contributed by atoms with Crippen molar-refractivity contribution in [2.75, 3.05) is 0 Å². The van der Waals surface area contributed by atoms with Gasteiger partial charge in [-0.25, -0.2) is 0 Å². The molecule has 0 bridgehead atoms. The van der Waals surface area contributed by atoms with Crippen LogP contribution in [-0.4, -0.2) is 0 Å². The summed E-state index contributed by atoms with van der Waals surface area (Å²) < 4.78 is 0. The van der Waals surface area contributed by atoms with Gasteiger partial charge in [-0.1, -0.05) is 107 Å². The smallest absolute Gasteiger partial charge is 0.0109 e. The van der Waals surface area contributed by atoms with Crippen molar-refractivity contribution in [3.63, 3.8) is 0 Å². The molecule has 0 saturated heterocycles. The van der Waals surface area contributed by atoms with Crippen LogP contribution in [0.3, 0.4) is 0 Å². The number of hydrogen-bond acceptors (Lipinski definition) is 0. The maximum Gasteiger partial charge on any atom is 0.0109 e. The summed E-state index contributed by atoms with van der Waals surface area (Å²) >= 11 is 0. The second kappa shape index (κ2) is 6.23. The fourth-order valence-corrected chi connectivity index (χ4v) is 5.32. The Kier molecular flexibility index (Phi) is 4.22. The van der Waals surface area contributed by atoms with Gasteiger partial charge in [-0.2, -0.15) is 0 Å². The summed E-state index contributed by atoms with van der Waals surface area (Å²) in [6.07, 6.45) is 4.67. The Balaban J connectivity index is 1.77. The van der Waals surface area contributed by atoms with Crippen LogP contribution in [0.4, 0.5) is 0 Å². The molecular formula is C27H32. The molecule has 0 saturated carbocycles. The van der Waals surface area contributed by atoms with Gasteiger partial charge in [0.25, 0.3) is 0 Å². The third-order valence-corrected chi connectivity index (χ3v) is 6.10. The molecule has 140 valence electrons. The molecule has 2 aromatic rings. The number of hydrogen-bond donors (Lipinski definition) is 0. The molecule has 1 unspecified atom stereocenters. The fourth-order valence-electron chi connectivity index (χ4n) is 5.32. The minimum Gasteiger partial charge on any atom is -0.0619 e. The number of fused-ring (bicyclic) bond motifs is 2. The zero-order valence-corrected chi connectivity index (χ0v) is 17.7. The maximum atomic E-state index is 2.47. The molecule has 0 fully saturated rings. The van der Waals surface area contributed by atoms with Crippen LogP contribution >= 0.6 is 0 Å². The average Bonchev–Trinajstić information content (AvgIpc) is 3.11. The Labute approximate surface area is 165 Å². The van der Waals surface area contributed by atoms with E-state index in [1.54, 1.807) is 16.7 Å². The van der Waals surface area contributed by atoms with Crippen LogP contribution in [0.5, 0.6) is 0 Å². The molecule has 0 radical (unpaired) electrons. The first kappa shape index (κ1) is 18.3. The largest absolute Gasteiger partial charge is 0.0619 e. The van der Waals surface area contributed by atoms with Gasteiger partial charge < -0.3 is 0 Å². The Bertz CT molecular complexity index is 938. The van der Waals surface area contributed by atoms with Crippen LogP contribution in [0.15, 0.2) is 59.7 Å². The quantitative estimate of drug-likeness (QED) is 0.518. The number of allylic oxidation sites excluding steroid dienone is 3. The Morgan fingerprint density at radius 3 is 2.22 bits per heavy atom. The third kappa shape index (κ3) is 3.20. The molecule has 0 N–H and O–H groups in total. The summed E-state index contributed by atoms with van der Waals surface area (Å²) in [5.74, 6) is 0.506. The van der Waals surface area contributed by atoms with Gasteiger partial charge in [-0.15, -0.1) is 0 Å². The van der Waals surface area contributed by atoms with E-state index < -0.39 is 0 Å². The molecule has 0 spiro atoms. The van der Waals surface area contributed by atoms with Crippen molar-refractivity contribution in [2.45, 2.75) is 60.3 Å². The zero-order valence-electron chi connectivity index (χ0n) is 17.7. The summed E-state index contributed by atoms with van der Waals surface area (Å²) in [4.78, 5) is 0. The normalized spacial score (nSPS) is 19.2. The molecule has 0 amide bonds. The molecule has 2 aliphatic rings. The van der Waals surface area contributed by atoms with E-state index in [-0.39, 0.29) is 10.8 Å². The molecule has 0 heterocycles. The van der Waals surface area contributed by atoms with Crippen molar-refractivity contribution >= 4 is 11.6 Å². The summed E-state index contributed by atoms with van der Waals surface area (Å²) in [6, 6.07) is 18.0. The lowest BCUT2D eigenvalue weighted by atomic mass is 9.72. The Morgan fingerprint density at radius 2 is 1.52 bits per heavy atom. The number of rotatable bonds is 2. The van der Waals surface area contributed by atoms with E-state index in [0.29, 0.717) is 5.92 Å². The van der Waals surface area contributed by atoms with Crippen LogP contribution in [-0.2, 0) is 6.42 Å². The second-order valence-corrected chi connectivity index (χ2v) is 10.4. The lowest BCUT2D eigenvalue weighted by Gasteiger charge is -2.32. The van der Waals surface area contributed by atoms with Gasteiger partial charge in [0.1, 0.15) is 0 Å². The molecule has 0 aliphatic heterocycles. The van der Waals surface area contributed by atoms with Gasteiger partial charge in [0.05, 0.1) is 0 Å². The van der Waals surface area contributed by atoms with Crippen molar-refractivity contribution in [2.24, 2.45) is 10.8 Å². The van der Waals surface area contributed by atoms with Crippen LogP contribution in [0.1, 0.15) is 76.1 Å². The molecular weight excluding hydrogens is 324 g/mol. The predicted octanol–water partition coefficient (Wildman–Crippen LogP) is 7.66. The van der Waals surface area contributed by atoms with E-state index >= 15 is 0 Å². The zero-order chi connectivity index (χ0) is 19.4. The van der Waals surface area contributed by atoms with Gasteiger partial charge in [-0.05, 0) is 51.5 Å². The van der Waals surface area contributed by atoms with Crippen LogP contribution in [0, 0.1) is 10.8 Å². The van der Waals surface area contributed by atoms with Crippen molar-refractivity contribution in [1.82, 2.24) is 0 Å². The highest BCUT2D eigenvalue weighted by atomic mass is 14.4. The van der Waals surface area contributed by atoms with Gasteiger partial charge in [-0.3, -0.25) is 0 Å². The molecule has 1 atom stereocenters. The first-order valence-corrected chi connectivity index (χ1v) is 10.3. The van der Waals surface area contributed by atoms with Crippen LogP contribution in [0.2, 0.25) is 0 Å². The Hall–Kier alpha value is -2.08. The van der Waals surface area contributed by atoms with Crippen LogP contribution in [0.25, 0.3) is 11.6 Å². The maximum absolute atomic E-state index is 2.47. The van der Waals surface area contributed by atoms with Gasteiger partial charge in [0, 0.05) is 5.92 Å². The molecule has 2 aromatic carbocycles. The summed E-state index contributed by atoms with van der Waals surface area (Å²) in [5, 5.41) is 0. The van der Waals surface area contributed by atoms with Crippen LogP contribution < -0.4 is 0 Å². The van der Waals surface area contributed by atoms with Crippen molar-refractivity contribution in [3.05, 3.63) is 81.9 Å². The highest BCUT2D eigenvalue weighted by Crippen LogP contribution is 2.52. The highest BCUT2D eigenvalue weighted by molar-refractivity contribution is 5.80. The fraction of sp³-hybridized carbons (Fsp3) is 0.407. The molecule has 27 heavy (non-hydrogen) atoms. The second-order valence-electron chi connectivity index (χ2n) is 10.4. The molecule has 4 rings (SSSR count). The summed E-state index contributed by atoms with van der Waals surface area (Å²) in [5.41, 5.74) is 11.1. The highest BCUT2D eigenvalue weighted by Gasteiger charge is 2.37. The van der Waals surface area contributed by atoms with Crippen molar-refractivity contribution < 1.29 is 0 Å². The molecule has 2 aliphatic carbocycles. The first-order chi connectivity index (χ1) is 12.7. The average molecular weight is 357 g/mol. The van der Waals surface area contributed by atoms with Crippen molar-refractivity contribution in [3.8, 4) is 0 Å². The Morgan fingerprint density at radius 1 is 0.852 bits per heavy atom. The number of benzene rings is 2.